The molecule has 0 aliphatic heterocycles. The summed E-state index contributed by atoms with van der Waals surface area (Å²) in [6.07, 6.45) is 1.79. The lowest BCUT2D eigenvalue weighted by molar-refractivity contribution is 0.252. The van der Waals surface area contributed by atoms with Gasteiger partial charge in [-0.05, 0) is 42.7 Å². The molecule has 2 aromatic rings. The summed E-state index contributed by atoms with van der Waals surface area (Å²) in [6.45, 7) is 0.597. The minimum Gasteiger partial charge on any atom is -0.497 e. The Kier molecular flexibility index (Phi) is 7.14. The van der Waals surface area contributed by atoms with Crippen LogP contribution < -0.4 is 25.0 Å². The quantitative estimate of drug-likeness (QED) is 0.710. The molecule has 0 unspecified atom stereocenters. The second-order valence-corrected chi connectivity index (χ2v) is 6.11. The highest BCUT2D eigenvalue weighted by Gasteiger charge is 2.08. The Labute approximate surface area is 155 Å². The van der Waals surface area contributed by atoms with Crippen molar-refractivity contribution in [3.05, 3.63) is 48.0 Å². The molecule has 0 spiro atoms. The van der Waals surface area contributed by atoms with Gasteiger partial charge in [-0.15, -0.1) is 0 Å². The van der Waals surface area contributed by atoms with Crippen LogP contribution in [0.2, 0.25) is 0 Å². The molecule has 2 amide bonds. The summed E-state index contributed by atoms with van der Waals surface area (Å²) in [5.41, 5.74) is 3.04. The van der Waals surface area contributed by atoms with Crippen LogP contribution in [0.5, 0.6) is 11.5 Å². The second kappa shape index (κ2) is 9.56. The van der Waals surface area contributed by atoms with Gasteiger partial charge in [-0.25, -0.2) is 4.79 Å². The molecule has 26 heavy (non-hydrogen) atoms. The number of urea groups is 1. The van der Waals surface area contributed by atoms with Crippen molar-refractivity contribution in [2.45, 2.75) is 12.8 Å². The van der Waals surface area contributed by atoms with Gasteiger partial charge in [0.1, 0.15) is 11.5 Å². The molecule has 2 aromatic carbocycles. The highest BCUT2D eigenvalue weighted by atomic mass is 16.5. The molecule has 140 valence electrons. The van der Waals surface area contributed by atoms with E-state index in [4.69, 9.17) is 9.47 Å². The van der Waals surface area contributed by atoms with Crippen LogP contribution in [0.3, 0.4) is 0 Å². The molecule has 0 saturated heterocycles. The van der Waals surface area contributed by atoms with Gasteiger partial charge in [-0.2, -0.15) is 0 Å². The molecule has 6 heteroatoms. The number of benzene rings is 2. The van der Waals surface area contributed by atoms with E-state index in [9.17, 15) is 4.79 Å². The third-order valence-corrected chi connectivity index (χ3v) is 4.04. The average molecular weight is 357 g/mol. The second-order valence-electron chi connectivity index (χ2n) is 6.11. The molecular weight excluding hydrogens is 330 g/mol. The van der Waals surface area contributed by atoms with Crippen molar-refractivity contribution >= 4 is 17.4 Å². The van der Waals surface area contributed by atoms with E-state index in [1.807, 2.05) is 14.1 Å². The van der Waals surface area contributed by atoms with Crippen molar-refractivity contribution in [3.63, 3.8) is 0 Å². The van der Waals surface area contributed by atoms with Crippen molar-refractivity contribution in [1.82, 2.24) is 5.32 Å². The number of carbonyl (C=O) groups excluding carboxylic acids is 1. The van der Waals surface area contributed by atoms with E-state index < -0.39 is 0 Å². The average Bonchev–Trinajstić information content (AvgIpc) is 2.66. The van der Waals surface area contributed by atoms with E-state index in [-0.39, 0.29) is 6.03 Å². The standard InChI is InChI=1S/C20H27N3O3/c1-23(2)16-9-7-15(8-10-16)6-5-13-21-20(24)22-18-12-11-17(25-3)14-19(18)26-4/h7-12,14H,5-6,13H2,1-4H3,(H2,21,22,24). The summed E-state index contributed by atoms with van der Waals surface area (Å²) in [4.78, 5) is 14.1. The minimum absolute atomic E-state index is 0.253. The Morgan fingerprint density at radius 2 is 1.77 bits per heavy atom. The maximum absolute atomic E-state index is 12.1. The number of carbonyl (C=O) groups is 1. The number of rotatable bonds is 8. The molecule has 0 aromatic heterocycles. The van der Waals surface area contributed by atoms with Gasteiger partial charge in [0.05, 0.1) is 19.9 Å². The van der Waals surface area contributed by atoms with Gasteiger partial charge in [0, 0.05) is 32.4 Å². The summed E-state index contributed by atoms with van der Waals surface area (Å²) >= 11 is 0. The molecule has 2 rings (SSSR count). The largest absolute Gasteiger partial charge is 0.497 e. The highest BCUT2D eigenvalue weighted by Crippen LogP contribution is 2.28. The fourth-order valence-electron chi connectivity index (χ4n) is 2.52. The fraction of sp³-hybridized carbons (Fsp3) is 0.350. The molecule has 0 radical (unpaired) electrons. The minimum atomic E-state index is -0.253. The number of ether oxygens (including phenoxy) is 2. The Hall–Kier alpha value is -2.89. The first-order valence-corrected chi connectivity index (χ1v) is 8.56. The van der Waals surface area contributed by atoms with Crippen LogP contribution in [0.15, 0.2) is 42.5 Å². The van der Waals surface area contributed by atoms with Crippen molar-refractivity contribution < 1.29 is 14.3 Å². The molecule has 0 fully saturated rings. The molecule has 0 aliphatic carbocycles. The van der Waals surface area contributed by atoms with Crippen LogP contribution in [0.1, 0.15) is 12.0 Å². The lowest BCUT2D eigenvalue weighted by Gasteiger charge is -2.13. The molecular formula is C20H27N3O3. The van der Waals surface area contributed by atoms with Crippen molar-refractivity contribution in [2.75, 3.05) is 45.1 Å². The fourth-order valence-corrected chi connectivity index (χ4v) is 2.52. The first-order valence-electron chi connectivity index (χ1n) is 8.56. The summed E-state index contributed by atoms with van der Waals surface area (Å²) in [7, 11) is 7.19. The van der Waals surface area contributed by atoms with Crippen LogP contribution in [0, 0.1) is 0 Å². The Bertz CT molecular complexity index is 715. The van der Waals surface area contributed by atoms with E-state index in [1.165, 1.54) is 11.3 Å². The number of nitrogens with one attached hydrogen (secondary N) is 2. The summed E-state index contributed by atoms with van der Waals surface area (Å²) < 4.78 is 10.4. The zero-order valence-electron chi connectivity index (χ0n) is 15.8. The van der Waals surface area contributed by atoms with Crippen molar-refractivity contribution in [3.8, 4) is 11.5 Å². The van der Waals surface area contributed by atoms with Crippen molar-refractivity contribution in [1.29, 1.82) is 0 Å². The molecule has 6 nitrogen and oxygen atoms in total. The lowest BCUT2D eigenvalue weighted by Crippen LogP contribution is -2.29. The smallest absolute Gasteiger partial charge is 0.319 e. The van der Waals surface area contributed by atoms with Crippen LogP contribution in [0.25, 0.3) is 0 Å². The Morgan fingerprint density at radius 1 is 1.04 bits per heavy atom. The molecule has 2 N–H and O–H groups in total. The Morgan fingerprint density at radius 3 is 2.38 bits per heavy atom. The zero-order chi connectivity index (χ0) is 18.9. The third-order valence-electron chi connectivity index (χ3n) is 4.04. The van der Waals surface area contributed by atoms with E-state index in [1.54, 1.807) is 32.4 Å². The number of aryl methyl sites for hydroxylation is 1. The van der Waals surface area contributed by atoms with E-state index in [0.29, 0.717) is 23.7 Å². The molecule has 0 saturated carbocycles. The maximum Gasteiger partial charge on any atom is 0.319 e. The van der Waals surface area contributed by atoms with Crippen LogP contribution >= 0.6 is 0 Å². The predicted molar refractivity (Wildman–Crippen MR) is 106 cm³/mol. The molecule has 0 aliphatic rings. The summed E-state index contributed by atoms with van der Waals surface area (Å²) in [5, 5.41) is 5.66. The first kappa shape index (κ1) is 19.4. The van der Waals surface area contributed by atoms with Gasteiger partial charge in [0.2, 0.25) is 0 Å². The number of amides is 2. The van der Waals surface area contributed by atoms with Gasteiger partial charge in [-0.3, -0.25) is 0 Å². The molecule has 0 atom stereocenters. The van der Waals surface area contributed by atoms with Gasteiger partial charge in [-0.1, -0.05) is 12.1 Å². The van der Waals surface area contributed by atoms with Crippen LogP contribution in [-0.2, 0) is 6.42 Å². The molecule has 0 bridgehead atoms. The first-order chi connectivity index (χ1) is 12.5. The van der Waals surface area contributed by atoms with Crippen LogP contribution in [-0.4, -0.2) is 40.9 Å². The number of hydrogen-bond donors (Lipinski definition) is 2. The van der Waals surface area contributed by atoms with Crippen molar-refractivity contribution in [2.24, 2.45) is 0 Å². The normalized spacial score (nSPS) is 10.2. The predicted octanol–water partition coefficient (Wildman–Crippen LogP) is 3.52. The molecule has 0 heterocycles. The number of anilines is 2. The van der Waals surface area contributed by atoms with E-state index in [0.717, 1.165) is 12.8 Å². The Balaban J connectivity index is 1.77. The van der Waals surface area contributed by atoms with Gasteiger partial charge in [0.25, 0.3) is 0 Å². The van der Waals surface area contributed by atoms with Gasteiger partial charge >= 0.3 is 6.03 Å². The maximum atomic E-state index is 12.1. The van der Waals surface area contributed by atoms with E-state index >= 15 is 0 Å². The third kappa shape index (κ3) is 5.58. The lowest BCUT2D eigenvalue weighted by atomic mass is 10.1. The topological polar surface area (TPSA) is 62.8 Å². The summed E-state index contributed by atoms with van der Waals surface area (Å²) in [5.74, 6) is 1.23. The van der Waals surface area contributed by atoms with Crippen LogP contribution in [0.4, 0.5) is 16.2 Å². The number of methoxy groups -OCH3 is 2. The SMILES string of the molecule is COc1ccc(NC(=O)NCCCc2ccc(N(C)C)cc2)c(OC)c1. The number of hydrogen-bond acceptors (Lipinski definition) is 4. The van der Waals surface area contributed by atoms with Gasteiger partial charge in [0.15, 0.2) is 0 Å². The zero-order valence-corrected chi connectivity index (χ0v) is 15.8. The van der Waals surface area contributed by atoms with E-state index in [2.05, 4.69) is 39.8 Å². The highest BCUT2D eigenvalue weighted by molar-refractivity contribution is 5.91. The van der Waals surface area contributed by atoms with Gasteiger partial charge < -0.3 is 25.0 Å². The number of nitrogens with zero attached hydrogens (tertiary/aromatic N) is 1. The monoisotopic (exact) mass is 357 g/mol. The summed E-state index contributed by atoms with van der Waals surface area (Å²) in [6, 6.07) is 13.5.